The van der Waals surface area contributed by atoms with Crippen LogP contribution in [-0.2, 0) is 31.9 Å². The summed E-state index contributed by atoms with van der Waals surface area (Å²) >= 11 is 0. The number of hydrogen-bond donors (Lipinski definition) is 2. The minimum Gasteiger partial charge on any atom is -0.495 e. The van der Waals surface area contributed by atoms with E-state index in [1.54, 1.807) is 30.7 Å². The number of carbonyl (C=O) groups is 1. The normalized spacial score (nSPS) is 16.0. The number of nitrogens with one attached hydrogen (secondary N) is 2. The van der Waals surface area contributed by atoms with Crippen LogP contribution in [0.15, 0.2) is 29.4 Å². The fraction of sp³-hybridized carbons (Fsp3) is 0.474. The van der Waals surface area contributed by atoms with Gasteiger partial charge in [-0.15, -0.1) is 0 Å². The van der Waals surface area contributed by atoms with E-state index in [0.717, 1.165) is 6.26 Å². The number of carbonyl (C=O) groups excluding carboxylic acids is 1. The summed E-state index contributed by atoms with van der Waals surface area (Å²) in [5, 5.41) is 2.78. The molecule has 1 fully saturated rings. The van der Waals surface area contributed by atoms with E-state index >= 15 is 0 Å². The second-order valence-corrected chi connectivity index (χ2v) is 11.3. The molecular formula is C19H27N5O6S2. The second kappa shape index (κ2) is 9.08. The number of imidazole rings is 1. The van der Waals surface area contributed by atoms with Gasteiger partial charge in [0, 0.05) is 37.9 Å². The first-order chi connectivity index (χ1) is 14.9. The number of amides is 1. The van der Waals surface area contributed by atoms with Gasteiger partial charge in [-0.05, 0) is 38.0 Å². The molecule has 2 aromatic rings. The smallest absolute Gasteiger partial charge is 0.262 e. The Hall–Kier alpha value is -2.64. The van der Waals surface area contributed by atoms with Gasteiger partial charge in [0.15, 0.2) is 5.03 Å². The molecule has 0 radical (unpaired) electrons. The number of piperidine rings is 1. The van der Waals surface area contributed by atoms with Crippen LogP contribution in [0, 0.1) is 12.8 Å². The van der Waals surface area contributed by atoms with Crippen molar-refractivity contribution in [1.29, 1.82) is 0 Å². The molecule has 13 heteroatoms. The van der Waals surface area contributed by atoms with Crippen LogP contribution in [0.1, 0.15) is 18.7 Å². The molecule has 0 atom stereocenters. The van der Waals surface area contributed by atoms with Crippen LogP contribution in [0.3, 0.4) is 0 Å². The Balaban J connectivity index is 1.65. The molecule has 2 N–H and O–H groups in total. The Labute approximate surface area is 187 Å². The van der Waals surface area contributed by atoms with Gasteiger partial charge in [-0.25, -0.2) is 21.8 Å². The third-order valence-electron chi connectivity index (χ3n) is 5.28. The van der Waals surface area contributed by atoms with E-state index in [4.69, 9.17) is 4.74 Å². The third-order valence-corrected chi connectivity index (χ3v) is 7.64. The molecule has 1 aromatic heterocycles. The molecule has 176 valence electrons. The lowest BCUT2D eigenvalue weighted by molar-refractivity contribution is -0.120. The Kier molecular flexibility index (Phi) is 6.81. The summed E-state index contributed by atoms with van der Waals surface area (Å²) in [6.07, 6.45) is 3.23. The zero-order valence-corrected chi connectivity index (χ0v) is 20.0. The molecule has 1 amide bonds. The van der Waals surface area contributed by atoms with Gasteiger partial charge in [-0.3, -0.25) is 9.52 Å². The molecule has 1 aromatic carbocycles. The predicted molar refractivity (Wildman–Crippen MR) is 120 cm³/mol. The van der Waals surface area contributed by atoms with E-state index in [1.165, 1.54) is 23.7 Å². The van der Waals surface area contributed by atoms with Crippen molar-refractivity contribution in [2.45, 2.75) is 24.8 Å². The van der Waals surface area contributed by atoms with Crippen molar-refractivity contribution in [3.05, 3.63) is 30.2 Å². The second-order valence-electron chi connectivity index (χ2n) is 7.69. The maximum atomic E-state index is 12.8. The number of aromatic nitrogens is 2. The summed E-state index contributed by atoms with van der Waals surface area (Å²) in [6, 6.07) is 4.63. The van der Waals surface area contributed by atoms with E-state index in [0.29, 0.717) is 30.1 Å². The molecule has 32 heavy (non-hydrogen) atoms. The van der Waals surface area contributed by atoms with Crippen molar-refractivity contribution >= 4 is 37.3 Å². The quantitative estimate of drug-likeness (QED) is 0.599. The van der Waals surface area contributed by atoms with E-state index in [9.17, 15) is 21.6 Å². The van der Waals surface area contributed by atoms with Gasteiger partial charge in [-0.2, -0.15) is 4.31 Å². The first-order valence-electron chi connectivity index (χ1n) is 9.87. The van der Waals surface area contributed by atoms with Crippen LogP contribution in [0.25, 0.3) is 0 Å². The van der Waals surface area contributed by atoms with Crippen molar-refractivity contribution in [2.75, 3.05) is 36.5 Å². The summed E-state index contributed by atoms with van der Waals surface area (Å²) in [5.41, 5.74) is 0.611. The zero-order valence-electron chi connectivity index (χ0n) is 18.3. The first kappa shape index (κ1) is 24.0. The highest BCUT2D eigenvalue weighted by molar-refractivity contribution is 7.92. The zero-order chi connectivity index (χ0) is 23.7. The highest BCUT2D eigenvalue weighted by Gasteiger charge is 2.33. The van der Waals surface area contributed by atoms with Gasteiger partial charge in [0.25, 0.3) is 10.0 Å². The number of methoxy groups -OCH3 is 1. The number of nitrogens with zero attached hydrogens (tertiary/aromatic N) is 3. The number of rotatable bonds is 7. The molecule has 0 unspecified atom stereocenters. The number of ether oxygens (including phenoxy) is 1. The maximum absolute atomic E-state index is 12.8. The fourth-order valence-corrected chi connectivity index (χ4v) is 5.50. The molecule has 2 heterocycles. The number of benzene rings is 1. The van der Waals surface area contributed by atoms with Gasteiger partial charge >= 0.3 is 0 Å². The molecule has 3 rings (SSSR count). The van der Waals surface area contributed by atoms with Gasteiger partial charge in [-0.1, -0.05) is 0 Å². The predicted octanol–water partition coefficient (Wildman–Crippen LogP) is 1.15. The van der Waals surface area contributed by atoms with Crippen molar-refractivity contribution in [3.63, 3.8) is 0 Å². The molecule has 0 aliphatic carbocycles. The summed E-state index contributed by atoms with van der Waals surface area (Å²) in [5.74, 6) is 0.283. The SMILES string of the molecule is COc1ccc(NC(=O)C2CCN(S(=O)(=O)c3cn(C)c(C)n3)CC2)cc1NS(C)(=O)=O. The van der Waals surface area contributed by atoms with Crippen LogP contribution in [0.4, 0.5) is 11.4 Å². The number of hydrogen-bond acceptors (Lipinski definition) is 7. The Morgan fingerprint density at radius 3 is 2.38 bits per heavy atom. The summed E-state index contributed by atoms with van der Waals surface area (Å²) in [7, 11) is -4.10. The molecular weight excluding hydrogens is 458 g/mol. The molecule has 1 aliphatic heterocycles. The molecule has 1 saturated heterocycles. The monoisotopic (exact) mass is 485 g/mol. The van der Waals surface area contributed by atoms with Crippen molar-refractivity contribution in [1.82, 2.24) is 13.9 Å². The molecule has 11 nitrogen and oxygen atoms in total. The maximum Gasteiger partial charge on any atom is 0.262 e. The van der Waals surface area contributed by atoms with E-state index < -0.39 is 20.0 Å². The molecule has 0 saturated carbocycles. The average molecular weight is 486 g/mol. The lowest BCUT2D eigenvalue weighted by Crippen LogP contribution is -2.41. The summed E-state index contributed by atoms with van der Waals surface area (Å²) in [6.45, 7) is 2.14. The highest BCUT2D eigenvalue weighted by atomic mass is 32.2. The Bertz CT molecular complexity index is 1200. The first-order valence-corrected chi connectivity index (χ1v) is 13.2. The average Bonchev–Trinajstić information content (AvgIpc) is 3.06. The lowest BCUT2D eigenvalue weighted by Gasteiger charge is -2.30. The van der Waals surface area contributed by atoms with Gasteiger partial charge in [0.1, 0.15) is 11.6 Å². The van der Waals surface area contributed by atoms with Crippen molar-refractivity contribution < 1.29 is 26.4 Å². The van der Waals surface area contributed by atoms with Crippen LogP contribution in [-0.4, -0.2) is 63.1 Å². The minimum atomic E-state index is -3.71. The Morgan fingerprint density at radius 1 is 1.19 bits per heavy atom. The van der Waals surface area contributed by atoms with Crippen molar-refractivity contribution in [3.8, 4) is 5.75 Å². The van der Waals surface area contributed by atoms with Gasteiger partial charge in [0.2, 0.25) is 15.9 Å². The summed E-state index contributed by atoms with van der Waals surface area (Å²) < 4.78 is 59.3. The van der Waals surface area contributed by atoms with Crippen LogP contribution < -0.4 is 14.8 Å². The van der Waals surface area contributed by atoms with E-state index in [-0.39, 0.29) is 35.6 Å². The van der Waals surface area contributed by atoms with Gasteiger partial charge < -0.3 is 14.6 Å². The molecule has 1 aliphatic rings. The van der Waals surface area contributed by atoms with Crippen LogP contribution in [0.5, 0.6) is 5.75 Å². The number of anilines is 2. The standard InChI is InChI=1S/C19H27N5O6S2/c1-13-20-18(12-23(13)2)32(28,29)24-9-7-14(8-10-24)19(25)21-15-5-6-17(30-3)16(11-15)22-31(4,26)27/h5-6,11-12,14,22H,7-10H2,1-4H3,(H,21,25). The largest absolute Gasteiger partial charge is 0.495 e. The number of sulfonamides is 2. The topological polar surface area (TPSA) is 140 Å². The summed E-state index contributed by atoms with van der Waals surface area (Å²) in [4.78, 5) is 16.8. The van der Waals surface area contributed by atoms with E-state index in [1.807, 2.05) is 0 Å². The van der Waals surface area contributed by atoms with Crippen LogP contribution >= 0.6 is 0 Å². The molecule has 0 bridgehead atoms. The minimum absolute atomic E-state index is 0.00420. The third kappa shape index (κ3) is 5.40. The van der Waals surface area contributed by atoms with Crippen molar-refractivity contribution in [2.24, 2.45) is 13.0 Å². The fourth-order valence-electron chi connectivity index (χ4n) is 3.45. The van der Waals surface area contributed by atoms with E-state index in [2.05, 4.69) is 15.0 Å². The molecule has 0 spiro atoms. The highest BCUT2D eigenvalue weighted by Crippen LogP contribution is 2.30. The Morgan fingerprint density at radius 2 is 1.84 bits per heavy atom. The van der Waals surface area contributed by atoms with Crippen LogP contribution in [0.2, 0.25) is 0 Å². The van der Waals surface area contributed by atoms with Gasteiger partial charge in [0.05, 0.1) is 19.1 Å². The number of aryl methyl sites for hydroxylation is 2. The lowest BCUT2D eigenvalue weighted by atomic mass is 9.97.